The quantitative estimate of drug-likeness (QED) is 0.182. The van der Waals surface area contributed by atoms with E-state index in [4.69, 9.17) is 0 Å². The Morgan fingerprint density at radius 1 is 0.537 bits per heavy atom. The summed E-state index contributed by atoms with van der Waals surface area (Å²) >= 11 is -0.407. The maximum atomic E-state index is 2.63. The van der Waals surface area contributed by atoms with Crippen molar-refractivity contribution in [3.8, 4) is 0 Å². The van der Waals surface area contributed by atoms with E-state index in [-0.39, 0.29) is 32.7 Å². The van der Waals surface area contributed by atoms with Gasteiger partial charge in [-0.3, -0.25) is 0 Å². The van der Waals surface area contributed by atoms with Crippen LogP contribution in [0.5, 0.6) is 0 Å². The first-order valence-electron chi connectivity index (χ1n) is 14.3. The molecular formula is C36H36Cl2P2Ti. The molecule has 2 aliphatic carbocycles. The van der Waals surface area contributed by atoms with Gasteiger partial charge >= 0.3 is 247 Å². The van der Waals surface area contributed by atoms with Crippen molar-refractivity contribution in [3.63, 3.8) is 0 Å². The topological polar surface area (TPSA) is 0 Å². The summed E-state index contributed by atoms with van der Waals surface area (Å²) in [7, 11) is -0.664. The molecule has 0 N–H and O–H groups in total. The number of hydrogen-bond acceptors (Lipinski definition) is 0. The molecule has 5 heteroatoms. The number of benzene rings is 4. The van der Waals surface area contributed by atoms with Crippen LogP contribution in [0.15, 0.2) is 120 Å². The van der Waals surface area contributed by atoms with Crippen molar-refractivity contribution in [1.82, 2.24) is 0 Å². The predicted molar refractivity (Wildman–Crippen MR) is 171 cm³/mol. The molecule has 0 fully saturated rings. The van der Waals surface area contributed by atoms with Gasteiger partial charge in [-0.05, 0) is 0 Å². The average Bonchev–Trinajstić information content (AvgIpc) is 3.53. The second-order valence-electron chi connectivity index (χ2n) is 10.4. The van der Waals surface area contributed by atoms with E-state index in [1.165, 1.54) is 46.9 Å². The second kappa shape index (κ2) is 15.3. The summed E-state index contributed by atoms with van der Waals surface area (Å²) in [5, 5.41) is 6.41. The smallest absolute Gasteiger partial charge is 1.00 e. The summed E-state index contributed by atoms with van der Waals surface area (Å²) < 4.78 is 1.18. The molecule has 0 aliphatic heterocycles. The van der Waals surface area contributed by atoms with E-state index >= 15 is 0 Å². The zero-order chi connectivity index (χ0) is 26.6. The summed E-state index contributed by atoms with van der Waals surface area (Å²) in [6, 6.07) is 41.2. The molecule has 0 heterocycles. The van der Waals surface area contributed by atoms with Crippen molar-refractivity contribution in [2.24, 2.45) is 0 Å². The fourth-order valence-corrected chi connectivity index (χ4v) is 16.0. The van der Waals surface area contributed by atoms with Crippen LogP contribution in [0.1, 0.15) is 57.4 Å². The minimum Gasteiger partial charge on any atom is -1.00 e. The maximum Gasteiger partial charge on any atom is -1.00 e. The summed E-state index contributed by atoms with van der Waals surface area (Å²) in [5.74, 6) is 0. The Labute approximate surface area is 270 Å². The first kappa shape index (κ1) is 32.4. The summed E-state index contributed by atoms with van der Waals surface area (Å²) in [6.07, 6.45) is 10.5. The van der Waals surface area contributed by atoms with Crippen molar-refractivity contribution in [1.29, 1.82) is 0 Å². The minimum atomic E-state index is -0.590. The summed E-state index contributed by atoms with van der Waals surface area (Å²) in [6.45, 7) is 4.75. The van der Waals surface area contributed by atoms with E-state index < -0.39 is 27.1 Å². The van der Waals surface area contributed by atoms with Crippen molar-refractivity contribution >= 4 is 38.6 Å². The third kappa shape index (κ3) is 6.86. The van der Waals surface area contributed by atoms with E-state index in [1.54, 1.807) is 16.4 Å². The van der Waals surface area contributed by atoms with Crippen LogP contribution in [0.25, 0.3) is 12.2 Å². The summed E-state index contributed by atoms with van der Waals surface area (Å²) in [5.41, 5.74) is 6.12. The molecule has 0 aromatic heterocycles. The number of allylic oxidation sites excluding steroid dienone is 2. The fourth-order valence-electron chi connectivity index (χ4n) is 6.11. The Morgan fingerprint density at radius 3 is 1.44 bits per heavy atom. The van der Waals surface area contributed by atoms with Crippen LogP contribution in [0.2, 0.25) is 0 Å². The second-order valence-corrected chi connectivity index (χ2v) is 17.5. The number of fused-ring (bicyclic) bond motifs is 2. The Kier molecular flexibility index (Phi) is 12.1. The first-order valence-corrected chi connectivity index (χ1v) is 19.2. The molecule has 2 unspecified atom stereocenters. The Hall–Kier alpha value is -1.49. The first-order chi connectivity index (χ1) is 19.3. The van der Waals surface area contributed by atoms with Gasteiger partial charge in [-0.1, -0.05) is 0 Å². The van der Waals surface area contributed by atoms with Gasteiger partial charge in [0.1, 0.15) is 0 Å². The van der Waals surface area contributed by atoms with Gasteiger partial charge < -0.3 is 24.8 Å². The minimum absolute atomic E-state index is 0. The number of hydrogen-bond donors (Lipinski definition) is 0. The molecule has 0 nitrogen and oxygen atoms in total. The van der Waals surface area contributed by atoms with Gasteiger partial charge in [0.15, 0.2) is 0 Å². The molecule has 0 bridgehead atoms. The number of rotatable bonds is 10. The van der Waals surface area contributed by atoms with Crippen LogP contribution in [0, 0.1) is 0 Å². The molecule has 2 atom stereocenters. The zero-order valence-corrected chi connectivity index (χ0v) is 28.5. The van der Waals surface area contributed by atoms with Gasteiger partial charge in [0.25, 0.3) is 0 Å². The van der Waals surface area contributed by atoms with Crippen LogP contribution < -0.4 is 35.4 Å². The van der Waals surface area contributed by atoms with Gasteiger partial charge in [-0.25, -0.2) is 0 Å². The SMILES string of the molecule is CCCP(CCC)C1=Cc2ccccc2[CH]1[Ti+2][CH]1C(P(c2ccccc2)c2ccccc2)=Cc2ccccc21.[Cl-].[Cl-]. The molecule has 0 spiro atoms. The third-order valence-electron chi connectivity index (χ3n) is 7.78. The van der Waals surface area contributed by atoms with Gasteiger partial charge in [0.05, 0.1) is 0 Å². The molecular weight excluding hydrogens is 613 g/mol. The monoisotopic (exact) mass is 648 g/mol. The molecule has 0 radical (unpaired) electrons. The van der Waals surface area contributed by atoms with Gasteiger partial charge in [0, 0.05) is 0 Å². The van der Waals surface area contributed by atoms with Crippen LogP contribution in [-0.2, 0) is 19.2 Å². The van der Waals surface area contributed by atoms with Crippen LogP contribution >= 0.6 is 15.8 Å². The molecule has 0 saturated heterocycles. The molecule has 4 aromatic rings. The summed E-state index contributed by atoms with van der Waals surface area (Å²) in [4.78, 5) is 0. The average molecular weight is 649 g/mol. The number of halogens is 2. The Bertz CT molecular complexity index is 1440. The standard InChI is InChI=1S/C21H16P.C15H20P.2ClH.Ti/c1-3-11-19(12-4-1)22(20-13-5-2-6-14-20)21-15-17-9-7-8-10-18(17)16-21;1-3-9-16(10-4-2)15-11-13-7-5-6-8-14(13)12-15;;;/h1-16H;5-8,11-12H,3-4,9-10H2,1-2H3;2*1H;/q;;;;+2/p-2. The van der Waals surface area contributed by atoms with Crippen molar-refractivity contribution in [3.05, 3.63) is 142 Å². The molecule has 208 valence electrons. The molecule has 0 saturated carbocycles. The van der Waals surface area contributed by atoms with E-state index in [1.807, 2.05) is 5.31 Å². The molecule has 41 heavy (non-hydrogen) atoms. The Balaban J connectivity index is 0.00000194. The van der Waals surface area contributed by atoms with E-state index in [0.717, 1.165) is 0 Å². The fraction of sp³-hybridized carbons (Fsp3) is 0.222. The van der Waals surface area contributed by atoms with Crippen molar-refractivity contribution < 1.29 is 44.0 Å². The van der Waals surface area contributed by atoms with Crippen LogP contribution in [-0.4, -0.2) is 12.3 Å². The maximum absolute atomic E-state index is 2.63. The molecule has 4 aromatic carbocycles. The largest absolute Gasteiger partial charge is 1.00 e. The Morgan fingerprint density at radius 2 is 0.951 bits per heavy atom. The third-order valence-corrected chi connectivity index (χ3v) is 17.2. The van der Waals surface area contributed by atoms with Gasteiger partial charge in [-0.2, -0.15) is 0 Å². The van der Waals surface area contributed by atoms with Gasteiger partial charge in [-0.15, -0.1) is 0 Å². The van der Waals surface area contributed by atoms with Crippen LogP contribution in [0.3, 0.4) is 0 Å². The van der Waals surface area contributed by atoms with E-state index in [2.05, 4.69) is 135 Å². The van der Waals surface area contributed by atoms with Crippen molar-refractivity contribution in [2.75, 3.05) is 12.3 Å². The van der Waals surface area contributed by atoms with E-state index in [0.29, 0.717) is 8.45 Å². The van der Waals surface area contributed by atoms with Crippen LogP contribution in [0.4, 0.5) is 0 Å². The molecule has 2 aliphatic rings. The molecule has 0 amide bonds. The van der Waals surface area contributed by atoms with Crippen molar-refractivity contribution in [2.45, 2.75) is 35.1 Å². The normalized spacial score (nSPS) is 16.7. The zero-order valence-electron chi connectivity index (χ0n) is 23.7. The van der Waals surface area contributed by atoms with Gasteiger partial charge in [0.2, 0.25) is 0 Å². The predicted octanol–water partition coefficient (Wildman–Crippen LogP) is 3.70. The van der Waals surface area contributed by atoms with E-state index in [9.17, 15) is 0 Å². The molecule has 6 rings (SSSR count).